The molecule has 1 heterocycles. The Hall–Kier alpha value is -3.76. The van der Waals surface area contributed by atoms with Crippen molar-refractivity contribution in [3.63, 3.8) is 0 Å². The molecule has 41 heavy (non-hydrogen) atoms. The van der Waals surface area contributed by atoms with E-state index in [2.05, 4.69) is 24.3 Å². The third-order valence-corrected chi connectivity index (χ3v) is 7.99. The molecule has 0 radical (unpaired) electrons. The molecule has 0 bridgehead atoms. The van der Waals surface area contributed by atoms with Gasteiger partial charge in [0.15, 0.2) is 0 Å². The van der Waals surface area contributed by atoms with E-state index < -0.39 is 42.7 Å². The average molecular weight is 557 g/mol. The van der Waals surface area contributed by atoms with Gasteiger partial charge in [-0.15, -0.1) is 0 Å². The molecule has 1 unspecified atom stereocenters. The second-order valence-electron chi connectivity index (χ2n) is 10.3. The molecule has 0 saturated carbocycles. The maximum Gasteiger partial charge on any atom is 0.229 e. The fourth-order valence-electron chi connectivity index (χ4n) is 6.07. The van der Waals surface area contributed by atoms with Gasteiger partial charge in [-0.05, 0) is 57.6 Å². The summed E-state index contributed by atoms with van der Waals surface area (Å²) in [5.41, 5.74) is 5.93. The van der Waals surface area contributed by atoms with Gasteiger partial charge in [-0.25, -0.2) is 0 Å². The maximum absolute atomic E-state index is 10.4. The molecular weight excluding hydrogens is 524 g/mol. The molecule has 212 valence electrons. The number of aliphatic hydroxyl groups is 5. The standard InChI is InChI=1S/C33H32O8/c34-17-18-39-22-13-9-20(10-14-22)33(26-7-3-1-5-24(26)25-6-2-4-8-27(25)33)21-11-15-23(16-12-21)40-32-31(38)30(37)29(36)28(19-35)41-32/h1-16,28-32,34-38H,17-19H2/t28-,29-,30+,31-,32?/m1/s1. The molecule has 0 aromatic heterocycles. The van der Waals surface area contributed by atoms with E-state index in [-0.39, 0.29) is 13.2 Å². The van der Waals surface area contributed by atoms with Gasteiger partial charge in [0.2, 0.25) is 6.29 Å². The highest BCUT2D eigenvalue weighted by Gasteiger charge is 2.47. The molecule has 6 rings (SSSR count). The van der Waals surface area contributed by atoms with Gasteiger partial charge >= 0.3 is 0 Å². The first-order valence-corrected chi connectivity index (χ1v) is 13.6. The first-order valence-electron chi connectivity index (χ1n) is 13.6. The van der Waals surface area contributed by atoms with Crippen LogP contribution >= 0.6 is 0 Å². The van der Waals surface area contributed by atoms with Crippen molar-refractivity contribution in [1.29, 1.82) is 0 Å². The minimum atomic E-state index is -1.52. The quantitative estimate of drug-likeness (QED) is 0.197. The maximum atomic E-state index is 10.4. The Morgan fingerprint density at radius 3 is 1.71 bits per heavy atom. The Labute approximate surface area is 237 Å². The van der Waals surface area contributed by atoms with Crippen molar-refractivity contribution in [2.24, 2.45) is 0 Å². The zero-order chi connectivity index (χ0) is 28.6. The van der Waals surface area contributed by atoms with Crippen molar-refractivity contribution in [3.05, 3.63) is 119 Å². The summed E-state index contributed by atoms with van der Waals surface area (Å²) in [5, 5.41) is 49.3. The molecule has 8 nitrogen and oxygen atoms in total. The van der Waals surface area contributed by atoms with Crippen molar-refractivity contribution < 1.29 is 39.7 Å². The molecule has 5 atom stereocenters. The predicted octanol–water partition coefficient (Wildman–Crippen LogP) is 2.60. The smallest absolute Gasteiger partial charge is 0.229 e. The van der Waals surface area contributed by atoms with Crippen LogP contribution in [0.5, 0.6) is 11.5 Å². The van der Waals surface area contributed by atoms with E-state index >= 15 is 0 Å². The first kappa shape index (κ1) is 27.4. The molecule has 1 saturated heterocycles. The molecular formula is C33H32O8. The van der Waals surface area contributed by atoms with Crippen LogP contribution in [0.2, 0.25) is 0 Å². The lowest BCUT2D eigenvalue weighted by Gasteiger charge is -2.39. The number of ether oxygens (including phenoxy) is 3. The van der Waals surface area contributed by atoms with E-state index in [0.29, 0.717) is 11.5 Å². The van der Waals surface area contributed by atoms with Gasteiger partial charge in [0, 0.05) is 0 Å². The minimum absolute atomic E-state index is 0.0655. The minimum Gasteiger partial charge on any atom is -0.491 e. The number of hydrogen-bond acceptors (Lipinski definition) is 8. The van der Waals surface area contributed by atoms with Crippen molar-refractivity contribution in [2.75, 3.05) is 19.8 Å². The zero-order valence-corrected chi connectivity index (χ0v) is 22.2. The molecule has 5 N–H and O–H groups in total. The highest BCUT2D eigenvalue weighted by atomic mass is 16.7. The number of fused-ring (bicyclic) bond motifs is 3. The van der Waals surface area contributed by atoms with E-state index in [4.69, 9.17) is 19.3 Å². The Morgan fingerprint density at radius 1 is 0.634 bits per heavy atom. The van der Waals surface area contributed by atoms with E-state index in [1.54, 1.807) is 12.1 Å². The normalized spacial score (nSPS) is 24.4. The van der Waals surface area contributed by atoms with Crippen LogP contribution in [0, 0.1) is 0 Å². The van der Waals surface area contributed by atoms with E-state index in [0.717, 1.165) is 33.4 Å². The van der Waals surface area contributed by atoms with Crippen LogP contribution in [-0.4, -0.2) is 76.1 Å². The Morgan fingerprint density at radius 2 is 1.17 bits per heavy atom. The lowest BCUT2D eigenvalue weighted by Crippen LogP contribution is -2.60. The topological polar surface area (TPSA) is 129 Å². The molecule has 4 aromatic carbocycles. The summed E-state index contributed by atoms with van der Waals surface area (Å²) < 4.78 is 17.0. The Balaban J connectivity index is 1.42. The Kier molecular flexibility index (Phi) is 7.52. The second-order valence-corrected chi connectivity index (χ2v) is 10.3. The second kappa shape index (κ2) is 11.3. The molecule has 2 aliphatic rings. The van der Waals surface area contributed by atoms with E-state index in [9.17, 15) is 20.4 Å². The van der Waals surface area contributed by atoms with Crippen molar-refractivity contribution in [2.45, 2.75) is 36.1 Å². The summed E-state index contributed by atoms with van der Waals surface area (Å²) >= 11 is 0. The van der Waals surface area contributed by atoms with Crippen molar-refractivity contribution in [1.82, 2.24) is 0 Å². The SMILES string of the molecule is OCCOc1ccc(C2(c3ccc(OC4O[C@H](CO)[C@@H](O)[C@H](O)[C@H]4O)cc3)c3ccccc3-c3ccccc32)cc1. The van der Waals surface area contributed by atoms with Crippen LogP contribution in [0.25, 0.3) is 11.1 Å². The largest absolute Gasteiger partial charge is 0.491 e. The van der Waals surface area contributed by atoms with Crippen LogP contribution in [0.15, 0.2) is 97.1 Å². The fourth-order valence-corrected chi connectivity index (χ4v) is 6.07. The summed E-state index contributed by atoms with van der Waals surface area (Å²) in [6, 6.07) is 32.1. The molecule has 0 spiro atoms. The van der Waals surface area contributed by atoms with Crippen LogP contribution in [0.1, 0.15) is 22.3 Å². The Bertz CT molecular complexity index is 1440. The third kappa shape index (κ3) is 4.59. The van der Waals surface area contributed by atoms with Gasteiger partial charge in [0.1, 0.15) is 42.5 Å². The van der Waals surface area contributed by atoms with Gasteiger partial charge in [-0.1, -0.05) is 72.8 Å². The van der Waals surface area contributed by atoms with Gasteiger partial charge in [-0.3, -0.25) is 0 Å². The lowest BCUT2D eigenvalue weighted by atomic mass is 9.68. The number of aliphatic hydroxyl groups excluding tert-OH is 5. The molecule has 4 aromatic rings. The summed E-state index contributed by atoms with van der Waals surface area (Å²) in [4.78, 5) is 0. The molecule has 0 amide bonds. The number of hydrogen-bond donors (Lipinski definition) is 5. The molecule has 1 aliphatic heterocycles. The molecule has 8 heteroatoms. The zero-order valence-electron chi connectivity index (χ0n) is 22.2. The molecule has 1 fully saturated rings. The fraction of sp³-hybridized carbons (Fsp3) is 0.273. The van der Waals surface area contributed by atoms with Gasteiger partial charge < -0.3 is 39.7 Å². The highest BCUT2D eigenvalue weighted by molar-refractivity contribution is 5.86. The molecule has 1 aliphatic carbocycles. The van der Waals surface area contributed by atoms with Crippen LogP contribution < -0.4 is 9.47 Å². The first-order chi connectivity index (χ1) is 20.0. The lowest BCUT2D eigenvalue weighted by molar-refractivity contribution is -0.277. The van der Waals surface area contributed by atoms with Crippen LogP contribution in [-0.2, 0) is 10.2 Å². The van der Waals surface area contributed by atoms with Gasteiger partial charge in [0.05, 0.1) is 18.6 Å². The monoisotopic (exact) mass is 556 g/mol. The van der Waals surface area contributed by atoms with Crippen LogP contribution in [0.4, 0.5) is 0 Å². The van der Waals surface area contributed by atoms with Crippen LogP contribution in [0.3, 0.4) is 0 Å². The van der Waals surface area contributed by atoms with Crippen molar-refractivity contribution >= 4 is 0 Å². The summed E-state index contributed by atoms with van der Waals surface area (Å²) in [7, 11) is 0. The van der Waals surface area contributed by atoms with E-state index in [1.807, 2.05) is 60.7 Å². The van der Waals surface area contributed by atoms with Crippen molar-refractivity contribution in [3.8, 4) is 22.6 Å². The van der Waals surface area contributed by atoms with Gasteiger partial charge in [-0.2, -0.15) is 0 Å². The summed E-state index contributed by atoms with van der Waals surface area (Å²) in [6.45, 7) is -0.384. The highest BCUT2D eigenvalue weighted by Crippen LogP contribution is 2.56. The number of rotatable bonds is 8. The van der Waals surface area contributed by atoms with Gasteiger partial charge in [0.25, 0.3) is 0 Å². The summed E-state index contributed by atoms with van der Waals surface area (Å²) in [5.74, 6) is 1.06. The predicted molar refractivity (Wildman–Crippen MR) is 151 cm³/mol. The summed E-state index contributed by atoms with van der Waals surface area (Å²) in [6.07, 6.45) is -6.82. The van der Waals surface area contributed by atoms with E-state index in [1.165, 1.54) is 0 Å². The third-order valence-electron chi connectivity index (χ3n) is 7.99. The average Bonchev–Trinajstić information content (AvgIpc) is 3.32. The number of benzene rings is 4.